The summed E-state index contributed by atoms with van der Waals surface area (Å²) in [6.07, 6.45) is 1.03. The number of hydrogen-bond acceptors (Lipinski definition) is 6. The number of fused-ring (bicyclic) bond motifs is 2. The average molecular weight is 354 g/mol. The summed E-state index contributed by atoms with van der Waals surface area (Å²) in [6, 6.07) is 2.41. The third-order valence-corrected chi connectivity index (χ3v) is 5.92. The van der Waals surface area contributed by atoms with E-state index in [1.54, 1.807) is 15.9 Å². The van der Waals surface area contributed by atoms with Crippen LogP contribution in [0.4, 0.5) is 4.79 Å². The minimum Gasteiger partial charge on any atom is -0.470 e. The first-order chi connectivity index (χ1) is 11.5. The molecule has 9 nitrogen and oxygen atoms in total. The van der Waals surface area contributed by atoms with Gasteiger partial charge in [-0.2, -0.15) is 0 Å². The van der Waals surface area contributed by atoms with Gasteiger partial charge in [-0.25, -0.2) is 22.9 Å². The van der Waals surface area contributed by atoms with Crippen molar-refractivity contribution in [3.8, 4) is 5.88 Å². The number of sulfonamides is 1. The first kappa shape index (κ1) is 15.6. The standard InChI is InChI=1S/C14H18N4O5S/c19-14(17-4-6-22-7-5-17)18-8-10-11(9-18)23-13-12(2-1-3-15-13)24(20,21)16-10/h1-3,10-11,16H,4-9H2. The number of pyridine rings is 1. The van der Waals surface area contributed by atoms with Crippen LogP contribution in [0.1, 0.15) is 0 Å². The fourth-order valence-electron chi connectivity index (χ4n) is 3.19. The second-order valence-electron chi connectivity index (χ2n) is 5.98. The molecule has 4 rings (SSSR count). The Morgan fingerprint density at radius 2 is 2.04 bits per heavy atom. The summed E-state index contributed by atoms with van der Waals surface area (Å²) in [6.45, 7) is 2.72. The van der Waals surface area contributed by atoms with Crippen molar-refractivity contribution in [2.75, 3.05) is 39.4 Å². The molecule has 2 saturated heterocycles. The van der Waals surface area contributed by atoms with Gasteiger partial charge in [-0.1, -0.05) is 0 Å². The van der Waals surface area contributed by atoms with Gasteiger partial charge in [-0.05, 0) is 12.1 Å². The molecule has 130 valence electrons. The van der Waals surface area contributed by atoms with Crippen molar-refractivity contribution < 1.29 is 22.7 Å². The molecule has 24 heavy (non-hydrogen) atoms. The van der Waals surface area contributed by atoms with E-state index < -0.39 is 22.2 Å². The van der Waals surface area contributed by atoms with Crippen LogP contribution < -0.4 is 9.46 Å². The number of carbonyl (C=O) groups excluding carboxylic acids is 1. The first-order valence-electron chi connectivity index (χ1n) is 7.80. The Balaban J connectivity index is 1.55. The molecule has 0 aromatic carbocycles. The van der Waals surface area contributed by atoms with E-state index >= 15 is 0 Å². The van der Waals surface area contributed by atoms with E-state index in [0.717, 1.165) is 0 Å². The predicted octanol–water partition coefficient (Wildman–Crippen LogP) is -0.743. The third-order valence-electron chi connectivity index (χ3n) is 4.41. The smallest absolute Gasteiger partial charge is 0.320 e. The molecule has 1 aromatic rings. The van der Waals surface area contributed by atoms with E-state index in [1.165, 1.54) is 12.3 Å². The Bertz CT molecular complexity index is 749. The molecular weight excluding hydrogens is 336 g/mol. The van der Waals surface area contributed by atoms with Gasteiger partial charge in [-0.15, -0.1) is 0 Å². The van der Waals surface area contributed by atoms with Gasteiger partial charge in [0.25, 0.3) is 0 Å². The van der Waals surface area contributed by atoms with Crippen LogP contribution in [0.2, 0.25) is 0 Å². The van der Waals surface area contributed by atoms with E-state index in [2.05, 4.69) is 9.71 Å². The van der Waals surface area contributed by atoms with E-state index in [9.17, 15) is 13.2 Å². The van der Waals surface area contributed by atoms with Crippen molar-refractivity contribution >= 4 is 16.1 Å². The van der Waals surface area contributed by atoms with Crippen LogP contribution in [0.25, 0.3) is 0 Å². The lowest BCUT2D eigenvalue weighted by atomic mass is 10.2. The summed E-state index contributed by atoms with van der Waals surface area (Å²) < 4.78 is 38.6. The number of hydrogen-bond donors (Lipinski definition) is 1. The van der Waals surface area contributed by atoms with Crippen molar-refractivity contribution in [3.05, 3.63) is 18.3 Å². The Hall–Kier alpha value is -1.91. The van der Waals surface area contributed by atoms with Crippen LogP contribution in [0.3, 0.4) is 0 Å². The summed E-state index contributed by atoms with van der Waals surface area (Å²) in [7, 11) is -3.72. The van der Waals surface area contributed by atoms with Gasteiger partial charge >= 0.3 is 6.03 Å². The molecule has 2 unspecified atom stereocenters. The molecule has 1 aromatic heterocycles. The molecule has 3 aliphatic heterocycles. The highest BCUT2D eigenvalue weighted by Gasteiger charge is 2.44. The number of morpholine rings is 1. The molecular formula is C14H18N4O5S. The van der Waals surface area contributed by atoms with Crippen LogP contribution >= 0.6 is 0 Å². The van der Waals surface area contributed by atoms with Crippen molar-refractivity contribution in [1.82, 2.24) is 19.5 Å². The SMILES string of the molecule is O=C(N1CCOCC1)N1CC2NS(=O)(=O)c3cccnc3OC2C1. The number of carbonyl (C=O) groups is 1. The second kappa shape index (κ2) is 5.87. The number of likely N-dealkylation sites (tertiary alicyclic amines) is 1. The average Bonchev–Trinajstić information content (AvgIpc) is 2.92. The van der Waals surface area contributed by atoms with Gasteiger partial charge in [-0.3, -0.25) is 0 Å². The molecule has 0 bridgehead atoms. The van der Waals surface area contributed by atoms with Gasteiger partial charge in [0.2, 0.25) is 15.9 Å². The third kappa shape index (κ3) is 2.70. The molecule has 2 fully saturated rings. The van der Waals surface area contributed by atoms with Crippen molar-refractivity contribution in [1.29, 1.82) is 0 Å². The highest BCUT2D eigenvalue weighted by atomic mass is 32.2. The molecule has 2 amide bonds. The molecule has 0 aliphatic carbocycles. The molecule has 0 spiro atoms. The van der Waals surface area contributed by atoms with E-state index in [-0.39, 0.29) is 23.4 Å². The molecule has 2 atom stereocenters. The Kier molecular flexibility index (Phi) is 3.82. The molecule has 4 heterocycles. The highest BCUT2D eigenvalue weighted by molar-refractivity contribution is 7.89. The number of aromatic nitrogens is 1. The van der Waals surface area contributed by atoms with Crippen LogP contribution in [-0.4, -0.2) is 80.8 Å². The fourth-order valence-corrected chi connectivity index (χ4v) is 4.53. The second-order valence-corrected chi connectivity index (χ2v) is 7.66. The van der Waals surface area contributed by atoms with Crippen LogP contribution in [-0.2, 0) is 14.8 Å². The number of nitrogens with one attached hydrogen (secondary N) is 1. The van der Waals surface area contributed by atoms with Crippen molar-refractivity contribution in [2.24, 2.45) is 0 Å². The topological polar surface area (TPSA) is 101 Å². The van der Waals surface area contributed by atoms with Crippen molar-refractivity contribution in [3.63, 3.8) is 0 Å². The zero-order valence-electron chi connectivity index (χ0n) is 12.9. The van der Waals surface area contributed by atoms with Crippen molar-refractivity contribution in [2.45, 2.75) is 17.0 Å². The Morgan fingerprint density at radius 1 is 1.25 bits per heavy atom. The van der Waals surface area contributed by atoms with E-state index in [1.807, 2.05) is 0 Å². The van der Waals surface area contributed by atoms with Gasteiger partial charge in [0.15, 0.2) is 0 Å². The molecule has 0 radical (unpaired) electrons. The Labute approximate surface area is 139 Å². The number of amides is 2. The zero-order chi connectivity index (χ0) is 16.7. The lowest BCUT2D eigenvalue weighted by Gasteiger charge is -2.31. The number of ether oxygens (including phenoxy) is 2. The molecule has 10 heteroatoms. The lowest BCUT2D eigenvalue weighted by Crippen LogP contribution is -2.48. The quantitative estimate of drug-likeness (QED) is 0.658. The minimum atomic E-state index is -3.72. The van der Waals surface area contributed by atoms with Crippen LogP contribution in [0.15, 0.2) is 23.2 Å². The monoisotopic (exact) mass is 354 g/mol. The fraction of sp³-hybridized carbons (Fsp3) is 0.571. The highest BCUT2D eigenvalue weighted by Crippen LogP contribution is 2.29. The zero-order valence-corrected chi connectivity index (χ0v) is 13.7. The lowest BCUT2D eigenvalue weighted by molar-refractivity contribution is 0.0442. The van der Waals surface area contributed by atoms with E-state index in [4.69, 9.17) is 9.47 Å². The summed E-state index contributed by atoms with van der Waals surface area (Å²) in [4.78, 5) is 20.0. The van der Waals surface area contributed by atoms with Crippen LogP contribution in [0.5, 0.6) is 5.88 Å². The van der Waals surface area contributed by atoms with Gasteiger partial charge < -0.3 is 19.3 Å². The maximum Gasteiger partial charge on any atom is 0.320 e. The maximum absolute atomic E-state index is 12.6. The summed E-state index contributed by atoms with van der Waals surface area (Å²) in [5, 5.41) is 0. The number of nitrogens with zero attached hydrogens (tertiary/aromatic N) is 3. The predicted molar refractivity (Wildman–Crippen MR) is 82.1 cm³/mol. The summed E-state index contributed by atoms with van der Waals surface area (Å²) in [5.41, 5.74) is 0. The number of urea groups is 1. The maximum atomic E-state index is 12.6. The van der Waals surface area contributed by atoms with Gasteiger partial charge in [0, 0.05) is 25.8 Å². The Morgan fingerprint density at radius 3 is 2.83 bits per heavy atom. The number of rotatable bonds is 0. The molecule has 3 aliphatic rings. The summed E-state index contributed by atoms with van der Waals surface area (Å²) in [5.74, 6) is 0.0816. The molecule has 0 saturated carbocycles. The molecule has 1 N–H and O–H groups in total. The largest absolute Gasteiger partial charge is 0.470 e. The van der Waals surface area contributed by atoms with Gasteiger partial charge in [0.1, 0.15) is 11.0 Å². The minimum absolute atomic E-state index is 0.0328. The normalized spacial score (nSPS) is 28.5. The summed E-state index contributed by atoms with van der Waals surface area (Å²) >= 11 is 0. The van der Waals surface area contributed by atoms with Gasteiger partial charge in [0.05, 0.1) is 25.8 Å². The first-order valence-corrected chi connectivity index (χ1v) is 9.28. The van der Waals surface area contributed by atoms with E-state index in [0.29, 0.717) is 32.8 Å². The van der Waals surface area contributed by atoms with Crippen LogP contribution in [0, 0.1) is 0 Å².